The lowest BCUT2D eigenvalue weighted by Crippen LogP contribution is -2.51. The third-order valence-electron chi connectivity index (χ3n) is 5.21. The van der Waals surface area contributed by atoms with E-state index < -0.39 is 10.0 Å². The summed E-state index contributed by atoms with van der Waals surface area (Å²) < 4.78 is 40.0. The topological polar surface area (TPSA) is 60.9 Å². The maximum absolute atomic E-state index is 13.1. The Hall–Kier alpha value is -2.45. The summed E-state index contributed by atoms with van der Waals surface area (Å²) in [7, 11) is -2.31. The van der Waals surface area contributed by atoms with Crippen molar-refractivity contribution in [2.24, 2.45) is 0 Å². The molecule has 1 aliphatic heterocycles. The van der Waals surface area contributed by atoms with Crippen LogP contribution in [0.5, 0.6) is 0 Å². The van der Waals surface area contributed by atoms with Gasteiger partial charge in [-0.2, -0.15) is 4.31 Å². The molecule has 0 unspecified atom stereocenters. The van der Waals surface area contributed by atoms with Crippen molar-refractivity contribution >= 4 is 21.6 Å². The molecule has 0 radical (unpaired) electrons. The minimum atomic E-state index is -3.74. The van der Waals surface area contributed by atoms with Crippen LogP contribution in [0.1, 0.15) is 11.1 Å². The summed E-state index contributed by atoms with van der Waals surface area (Å²) in [6.45, 7) is 5.60. The highest BCUT2D eigenvalue weighted by atomic mass is 32.2. The number of carbonyl (C=O) groups is 1. The van der Waals surface area contributed by atoms with Gasteiger partial charge in [0, 0.05) is 38.9 Å². The maximum atomic E-state index is 13.1. The quantitative estimate of drug-likeness (QED) is 0.747. The minimum Gasteiger partial charge on any atom is -0.368 e. The van der Waals surface area contributed by atoms with Gasteiger partial charge in [0.05, 0.1) is 11.4 Å². The zero-order valence-electron chi connectivity index (χ0n) is 16.9. The van der Waals surface area contributed by atoms with Gasteiger partial charge in [0.15, 0.2) is 0 Å². The number of hydrogen-bond acceptors (Lipinski definition) is 4. The minimum absolute atomic E-state index is 0.202. The molecular formula is C21H26FN3O3S. The predicted molar refractivity (Wildman–Crippen MR) is 111 cm³/mol. The van der Waals surface area contributed by atoms with Crippen LogP contribution in [-0.2, 0) is 14.8 Å². The highest BCUT2D eigenvalue weighted by molar-refractivity contribution is 7.89. The van der Waals surface area contributed by atoms with Gasteiger partial charge in [-0.1, -0.05) is 12.1 Å². The Kier molecular flexibility index (Phi) is 6.24. The van der Waals surface area contributed by atoms with Gasteiger partial charge in [-0.3, -0.25) is 4.79 Å². The number of amides is 1. The number of sulfonamides is 1. The molecule has 0 bridgehead atoms. The van der Waals surface area contributed by atoms with Gasteiger partial charge in [-0.05, 0) is 55.3 Å². The molecule has 1 fully saturated rings. The van der Waals surface area contributed by atoms with Crippen molar-refractivity contribution < 1.29 is 17.6 Å². The van der Waals surface area contributed by atoms with Crippen LogP contribution in [0.25, 0.3) is 0 Å². The predicted octanol–water partition coefficient (Wildman–Crippen LogP) is 2.41. The number of rotatable bonds is 5. The molecule has 1 heterocycles. The Morgan fingerprint density at radius 1 is 1.03 bits per heavy atom. The molecule has 0 N–H and O–H groups in total. The number of aryl methyl sites for hydroxylation is 2. The van der Waals surface area contributed by atoms with Crippen LogP contribution < -0.4 is 4.90 Å². The summed E-state index contributed by atoms with van der Waals surface area (Å²) in [4.78, 5) is 16.7. The zero-order chi connectivity index (χ0) is 21.2. The van der Waals surface area contributed by atoms with Gasteiger partial charge < -0.3 is 9.80 Å². The maximum Gasteiger partial charge on any atom is 0.243 e. The molecule has 0 atom stereocenters. The lowest BCUT2D eigenvalue weighted by atomic mass is 10.2. The van der Waals surface area contributed by atoms with Crippen molar-refractivity contribution in [3.8, 4) is 0 Å². The van der Waals surface area contributed by atoms with E-state index in [0.717, 1.165) is 15.6 Å². The highest BCUT2D eigenvalue weighted by Gasteiger charge is 2.28. The van der Waals surface area contributed by atoms with E-state index in [1.807, 2.05) is 13.0 Å². The third kappa shape index (κ3) is 4.76. The Morgan fingerprint density at radius 3 is 2.28 bits per heavy atom. The summed E-state index contributed by atoms with van der Waals surface area (Å²) in [5.41, 5.74) is 2.42. The number of halogens is 1. The SMILES string of the molecule is Cc1ccc(C)c(S(=O)(=O)N(C)CC(=O)N2CCN(c3ccc(F)cc3)CC2)c1. The fraction of sp³-hybridized carbons (Fsp3) is 0.381. The average molecular weight is 420 g/mol. The molecule has 1 amide bonds. The molecule has 2 aromatic rings. The number of benzene rings is 2. The standard InChI is InChI=1S/C21H26FN3O3S/c1-16-4-5-17(2)20(14-16)29(27,28)23(3)15-21(26)25-12-10-24(11-13-25)19-8-6-18(22)7-9-19/h4-9,14H,10-13,15H2,1-3H3. The van der Waals surface area contributed by atoms with E-state index in [1.165, 1.54) is 19.2 Å². The van der Waals surface area contributed by atoms with Crippen LogP contribution in [0.2, 0.25) is 0 Å². The van der Waals surface area contributed by atoms with Crippen molar-refractivity contribution in [1.82, 2.24) is 9.21 Å². The second kappa shape index (κ2) is 8.51. The lowest BCUT2D eigenvalue weighted by molar-refractivity contribution is -0.131. The van der Waals surface area contributed by atoms with Crippen molar-refractivity contribution in [3.05, 3.63) is 59.4 Å². The number of carbonyl (C=O) groups excluding carboxylic acids is 1. The monoisotopic (exact) mass is 419 g/mol. The fourth-order valence-corrected chi connectivity index (χ4v) is 4.82. The summed E-state index contributed by atoms with van der Waals surface area (Å²) in [5, 5.41) is 0. The second-order valence-corrected chi connectivity index (χ2v) is 9.39. The Morgan fingerprint density at radius 2 is 1.66 bits per heavy atom. The van der Waals surface area contributed by atoms with Gasteiger partial charge in [0.2, 0.25) is 15.9 Å². The van der Waals surface area contributed by atoms with Gasteiger partial charge >= 0.3 is 0 Å². The van der Waals surface area contributed by atoms with Crippen LogP contribution in [0, 0.1) is 19.7 Å². The van der Waals surface area contributed by atoms with E-state index in [2.05, 4.69) is 4.90 Å². The molecule has 29 heavy (non-hydrogen) atoms. The lowest BCUT2D eigenvalue weighted by Gasteiger charge is -2.36. The zero-order valence-corrected chi connectivity index (χ0v) is 17.7. The molecule has 6 nitrogen and oxygen atoms in total. The van der Waals surface area contributed by atoms with Crippen LogP contribution >= 0.6 is 0 Å². The smallest absolute Gasteiger partial charge is 0.243 e. The molecule has 156 valence electrons. The average Bonchev–Trinajstić information content (AvgIpc) is 2.70. The van der Waals surface area contributed by atoms with Crippen LogP contribution in [-0.4, -0.2) is 63.3 Å². The molecule has 0 saturated carbocycles. The van der Waals surface area contributed by atoms with Crippen molar-refractivity contribution in [3.63, 3.8) is 0 Å². The Labute approximate surface area is 171 Å². The molecule has 0 aromatic heterocycles. The molecule has 1 aliphatic rings. The van der Waals surface area contributed by atoms with E-state index in [1.54, 1.807) is 36.1 Å². The Balaban J connectivity index is 1.61. The van der Waals surface area contributed by atoms with Crippen LogP contribution in [0.3, 0.4) is 0 Å². The molecule has 0 spiro atoms. The largest absolute Gasteiger partial charge is 0.368 e. The first-order valence-corrected chi connectivity index (χ1v) is 10.9. The molecule has 8 heteroatoms. The number of hydrogen-bond donors (Lipinski definition) is 0. The summed E-state index contributed by atoms with van der Waals surface area (Å²) in [6, 6.07) is 11.5. The van der Waals surface area contributed by atoms with E-state index in [-0.39, 0.29) is 23.2 Å². The Bertz CT molecular complexity index is 985. The number of piperazine rings is 1. The molecule has 2 aromatic carbocycles. The van der Waals surface area contributed by atoms with Crippen molar-refractivity contribution in [2.75, 3.05) is 44.7 Å². The van der Waals surface area contributed by atoms with E-state index in [9.17, 15) is 17.6 Å². The fourth-order valence-electron chi connectivity index (χ4n) is 3.39. The van der Waals surface area contributed by atoms with E-state index >= 15 is 0 Å². The first kappa shape index (κ1) is 21.3. The van der Waals surface area contributed by atoms with Gasteiger partial charge in [0.25, 0.3) is 0 Å². The molecular weight excluding hydrogens is 393 g/mol. The molecule has 0 aliphatic carbocycles. The normalized spacial score (nSPS) is 15.1. The summed E-state index contributed by atoms with van der Waals surface area (Å²) >= 11 is 0. The van der Waals surface area contributed by atoms with Gasteiger partial charge in [-0.15, -0.1) is 0 Å². The van der Waals surface area contributed by atoms with Gasteiger partial charge in [0.1, 0.15) is 5.82 Å². The van der Waals surface area contributed by atoms with Crippen molar-refractivity contribution in [1.29, 1.82) is 0 Å². The second-order valence-electron chi connectivity index (χ2n) is 7.37. The van der Waals surface area contributed by atoms with Crippen molar-refractivity contribution in [2.45, 2.75) is 18.7 Å². The molecule has 1 saturated heterocycles. The van der Waals surface area contributed by atoms with Crippen LogP contribution in [0.4, 0.5) is 10.1 Å². The summed E-state index contributed by atoms with van der Waals surface area (Å²) in [6.07, 6.45) is 0. The number of anilines is 1. The number of likely N-dealkylation sites (N-methyl/N-ethyl adjacent to an activating group) is 1. The first-order chi connectivity index (χ1) is 13.7. The van der Waals surface area contributed by atoms with Crippen LogP contribution in [0.15, 0.2) is 47.4 Å². The number of nitrogens with zero attached hydrogens (tertiary/aromatic N) is 3. The van der Waals surface area contributed by atoms with E-state index in [4.69, 9.17) is 0 Å². The first-order valence-electron chi connectivity index (χ1n) is 9.50. The highest BCUT2D eigenvalue weighted by Crippen LogP contribution is 2.21. The summed E-state index contributed by atoms with van der Waals surface area (Å²) in [5.74, 6) is -0.504. The molecule has 3 rings (SSSR count). The third-order valence-corrected chi connectivity index (χ3v) is 7.16. The van der Waals surface area contributed by atoms with Gasteiger partial charge in [-0.25, -0.2) is 12.8 Å². The van der Waals surface area contributed by atoms with E-state index in [0.29, 0.717) is 31.7 Å².